The largest absolute Gasteiger partial charge is 0.497 e. The number of hydrogen-bond acceptors (Lipinski definition) is 4. The lowest BCUT2D eigenvalue weighted by atomic mass is 10.3. The first-order chi connectivity index (χ1) is 8.36. The maximum Gasteiger partial charge on any atom is 0.172 e. The molecule has 0 atom stereocenters. The van der Waals surface area contributed by atoms with Crippen LogP contribution in [0.4, 0.5) is 4.39 Å². The maximum atomic E-state index is 11.7. The summed E-state index contributed by atoms with van der Waals surface area (Å²) >= 11 is 0.758. The van der Waals surface area contributed by atoms with Gasteiger partial charge >= 0.3 is 0 Å². The third kappa shape index (κ3) is 9.96. The first-order valence-electron chi connectivity index (χ1n) is 5.44. The van der Waals surface area contributed by atoms with Crippen LogP contribution in [0.25, 0.3) is 0 Å². The molecule has 0 aliphatic carbocycles. The molecule has 98 valence electrons. The van der Waals surface area contributed by atoms with E-state index >= 15 is 0 Å². The molecule has 1 aliphatic heterocycles. The van der Waals surface area contributed by atoms with Crippen LogP contribution < -0.4 is 8.92 Å². The number of rotatable bonds is 4. The number of ether oxygens (including phenoxy) is 2. The molecule has 5 heteroatoms. The number of halogens is 1. The number of benzene rings is 1. The second kappa shape index (κ2) is 11.5. The normalized spacial score (nSPS) is 11.3. The molecule has 1 fully saturated rings. The van der Waals surface area contributed by atoms with E-state index in [0.29, 0.717) is 11.5 Å². The Morgan fingerprint density at radius 1 is 1.29 bits per heavy atom. The standard InChI is InChI=1S/C8H9FO2S.C2H4O.C2H6/c1-10-7-3-2-4-8(5-7)11-12-6-9;1-2-3-1;1-2/h2-5H,6H2,1H3;1-2H2;1-2H3. The molecule has 1 aliphatic rings. The minimum absolute atomic E-state index is 0.558. The zero-order valence-electron chi connectivity index (χ0n) is 10.4. The molecule has 0 radical (unpaired) electrons. The van der Waals surface area contributed by atoms with Gasteiger partial charge in [-0.05, 0) is 12.1 Å². The van der Waals surface area contributed by atoms with E-state index in [1.165, 1.54) is 0 Å². The van der Waals surface area contributed by atoms with Crippen molar-refractivity contribution in [1.29, 1.82) is 0 Å². The van der Waals surface area contributed by atoms with Gasteiger partial charge in [0.15, 0.2) is 6.01 Å². The first kappa shape index (κ1) is 16.1. The lowest BCUT2D eigenvalue weighted by Crippen LogP contribution is -1.84. The van der Waals surface area contributed by atoms with Gasteiger partial charge in [0.05, 0.1) is 32.4 Å². The Bertz CT molecular complexity index is 279. The Morgan fingerprint density at radius 3 is 2.35 bits per heavy atom. The van der Waals surface area contributed by atoms with E-state index in [-0.39, 0.29) is 0 Å². The van der Waals surface area contributed by atoms with Crippen LogP contribution in [-0.2, 0) is 4.74 Å². The van der Waals surface area contributed by atoms with Crippen molar-refractivity contribution >= 4 is 12.0 Å². The summed E-state index contributed by atoms with van der Waals surface area (Å²) in [6.45, 7) is 6.00. The molecule has 0 spiro atoms. The van der Waals surface area contributed by atoms with E-state index in [2.05, 4.69) is 4.74 Å². The lowest BCUT2D eigenvalue weighted by Gasteiger charge is -2.03. The molecular weight excluding hydrogens is 243 g/mol. The van der Waals surface area contributed by atoms with E-state index in [0.717, 1.165) is 25.3 Å². The van der Waals surface area contributed by atoms with Crippen LogP contribution in [0.1, 0.15) is 13.8 Å². The minimum atomic E-state index is -0.558. The van der Waals surface area contributed by atoms with Crippen LogP contribution >= 0.6 is 12.0 Å². The molecule has 0 N–H and O–H groups in total. The molecule has 1 aromatic carbocycles. The molecule has 0 bridgehead atoms. The lowest BCUT2D eigenvalue weighted by molar-refractivity contribution is 0.413. The van der Waals surface area contributed by atoms with Crippen molar-refractivity contribution in [2.75, 3.05) is 26.3 Å². The van der Waals surface area contributed by atoms with Crippen LogP contribution in [0.15, 0.2) is 24.3 Å². The summed E-state index contributed by atoms with van der Waals surface area (Å²) < 4.78 is 26.1. The molecule has 3 nitrogen and oxygen atoms in total. The zero-order chi connectivity index (χ0) is 12.9. The Morgan fingerprint density at radius 2 is 1.88 bits per heavy atom. The summed E-state index contributed by atoms with van der Waals surface area (Å²) in [6.07, 6.45) is 0. The van der Waals surface area contributed by atoms with Crippen molar-refractivity contribution in [3.8, 4) is 11.5 Å². The average molecular weight is 262 g/mol. The van der Waals surface area contributed by atoms with Crippen LogP contribution in [0, 0.1) is 0 Å². The quantitative estimate of drug-likeness (QED) is 0.611. The van der Waals surface area contributed by atoms with Gasteiger partial charge in [0.2, 0.25) is 0 Å². The second-order valence-electron chi connectivity index (χ2n) is 2.60. The molecule has 0 amide bonds. The predicted molar refractivity (Wildman–Crippen MR) is 69.4 cm³/mol. The molecule has 17 heavy (non-hydrogen) atoms. The van der Waals surface area contributed by atoms with Gasteiger partial charge in [0, 0.05) is 6.07 Å². The fraction of sp³-hybridized carbons (Fsp3) is 0.500. The summed E-state index contributed by atoms with van der Waals surface area (Å²) in [5.41, 5.74) is 0. The molecule has 2 rings (SSSR count). The Hall–Kier alpha value is -0.940. The van der Waals surface area contributed by atoms with Crippen molar-refractivity contribution in [2.24, 2.45) is 0 Å². The van der Waals surface area contributed by atoms with Gasteiger partial charge < -0.3 is 13.7 Å². The Labute approximate surface area is 106 Å². The smallest absolute Gasteiger partial charge is 0.172 e. The molecule has 1 heterocycles. The fourth-order valence-corrected chi connectivity index (χ4v) is 1.03. The van der Waals surface area contributed by atoms with E-state index < -0.39 is 6.01 Å². The average Bonchev–Trinajstić information content (AvgIpc) is 3.27. The highest BCUT2D eigenvalue weighted by Gasteiger charge is 1.96. The van der Waals surface area contributed by atoms with E-state index in [1.54, 1.807) is 31.4 Å². The highest BCUT2D eigenvalue weighted by atomic mass is 32.2. The second-order valence-corrected chi connectivity index (χ2v) is 3.22. The molecule has 0 unspecified atom stereocenters. The summed E-state index contributed by atoms with van der Waals surface area (Å²) in [5.74, 6) is 1.30. The van der Waals surface area contributed by atoms with E-state index in [9.17, 15) is 4.39 Å². The minimum Gasteiger partial charge on any atom is -0.497 e. The van der Waals surface area contributed by atoms with Crippen LogP contribution in [0.3, 0.4) is 0 Å². The van der Waals surface area contributed by atoms with Crippen LogP contribution in [0.2, 0.25) is 0 Å². The fourth-order valence-electron chi connectivity index (χ4n) is 0.743. The van der Waals surface area contributed by atoms with Gasteiger partial charge in [0.25, 0.3) is 0 Å². The van der Waals surface area contributed by atoms with E-state index in [4.69, 9.17) is 8.92 Å². The third-order valence-corrected chi connectivity index (χ3v) is 1.84. The molecule has 1 aromatic rings. The van der Waals surface area contributed by atoms with E-state index in [1.807, 2.05) is 13.8 Å². The van der Waals surface area contributed by atoms with Crippen molar-refractivity contribution in [1.82, 2.24) is 0 Å². The van der Waals surface area contributed by atoms with Crippen LogP contribution in [-0.4, -0.2) is 26.3 Å². The number of methoxy groups -OCH3 is 1. The summed E-state index contributed by atoms with van der Waals surface area (Å²) in [4.78, 5) is 0. The first-order valence-corrected chi connectivity index (χ1v) is 6.35. The third-order valence-electron chi connectivity index (χ3n) is 1.45. The number of hydrogen-bond donors (Lipinski definition) is 0. The summed E-state index contributed by atoms with van der Waals surface area (Å²) in [6, 6.07) is 6.46. The van der Waals surface area contributed by atoms with Crippen molar-refractivity contribution < 1.29 is 18.0 Å². The maximum absolute atomic E-state index is 11.7. The number of alkyl halides is 1. The molecule has 1 saturated heterocycles. The monoisotopic (exact) mass is 262 g/mol. The number of epoxide rings is 1. The van der Waals surface area contributed by atoms with Gasteiger partial charge in [-0.1, -0.05) is 19.9 Å². The predicted octanol–water partition coefficient (Wildman–Crippen LogP) is 3.69. The zero-order valence-corrected chi connectivity index (χ0v) is 11.3. The Balaban J connectivity index is 0.000000429. The molecule has 0 aromatic heterocycles. The van der Waals surface area contributed by atoms with Gasteiger partial charge in [-0.25, -0.2) is 4.39 Å². The van der Waals surface area contributed by atoms with Crippen LogP contribution in [0.5, 0.6) is 11.5 Å². The van der Waals surface area contributed by atoms with Gasteiger partial charge in [-0.15, -0.1) is 0 Å². The summed E-state index contributed by atoms with van der Waals surface area (Å²) in [5, 5.41) is 0. The van der Waals surface area contributed by atoms with Gasteiger partial charge in [0.1, 0.15) is 11.5 Å². The van der Waals surface area contributed by atoms with Gasteiger partial charge in [-0.3, -0.25) is 0 Å². The molecular formula is C12H19FO3S. The van der Waals surface area contributed by atoms with Gasteiger partial charge in [-0.2, -0.15) is 0 Å². The summed E-state index contributed by atoms with van der Waals surface area (Å²) in [7, 11) is 1.57. The van der Waals surface area contributed by atoms with Crippen molar-refractivity contribution in [3.05, 3.63) is 24.3 Å². The molecule has 0 saturated carbocycles. The highest BCUT2D eigenvalue weighted by Crippen LogP contribution is 2.21. The highest BCUT2D eigenvalue weighted by molar-refractivity contribution is 7.94. The SMILES string of the molecule is C1CO1.CC.COc1cccc(OSCF)c1. The topological polar surface area (TPSA) is 31.0 Å². The van der Waals surface area contributed by atoms with Crippen molar-refractivity contribution in [3.63, 3.8) is 0 Å². The Kier molecular flexibility index (Phi) is 10.9. The van der Waals surface area contributed by atoms with Crippen molar-refractivity contribution in [2.45, 2.75) is 13.8 Å².